The van der Waals surface area contributed by atoms with E-state index in [1.54, 1.807) is 28.4 Å². The van der Waals surface area contributed by atoms with Crippen LogP contribution in [-0.4, -0.2) is 42.0 Å². The first-order chi connectivity index (χ1) is 20.6. The summed E-state index contributed by atoms with van der Waals surface area (Å²) in [7, 11) is 6.67. The monoisotopic (exact) mass is 570 g/mol. The predicted molar refractivity (Wildman–Crippen MR) is 158 cm³/mol. The number of fused-ring (bicyclic) bond motifs is 2. The molecule has 2 heterocycles. The van der Waals surface area contributed by atoms with Gasteiger partial charge in [0.05, 0.1) is 28.4 Å². The zero-order chi connectivity index (χ0) is 29.1. The number of ether oxygens (including phenoxy) is 8. The molecule has 4 aromatic rings. The van der Waals surface area contributed by atoms with Crippen molar-refractivity contribution in [1.29, 1.82) is 0 Å². The molecule has 4 aromatic carbocycles. The third kappa shape index (κ3) is 5.20. The average molecular weight is 571 g/mol. The highest BCUT2D eigenvalue weighted by Crippen LogP contribution is 2.56. The summed E-state index contributed by atoms with van der Waals surface area (Å²) in [6.07, 6.45) is 3.02. The molecular formula is C34H34O8. The fraction of sp³-hybridized carbons (Fsp3) is 0.294. The number of hydrogen-bond acceptors (Lipinski definition) is 8. The second kappa shape index (κ2) is 12.0. The van der Waals surface area contributed by atoms with Gasteiger partial charge >= 0.3 is 0 Å². The molecule has 0 N–H and O–H groups in total. The van der Waals surface area contributed by atoms with Gasteiger partial charge in [-0.15, -0.1) is 0 Å². The molecule has 0 aromatic heterocycles. The normalized spacial score (nSPS) is 12.8. The molecule has 0 unspecified atom stereocenters. The van der Waals surface area contributed by atoms with E-state index in [1.807, 2.05) is 24.3 Å². The van der Waals surface area contributed by atoms with Crippen molar-refractivity contribution >= 4 is 0 Å². The molecule has 8 nitrogen and oxygen atoms in total. The maximum atomic E-state index is 6.03. The largest absolute Gasteiger partial charge is 0.497 e. The van der Waals surface area contributed by atoms with Gasteiger partial charge < -0.3 is 37.9 Å². The lowest BCUT2D eigenvalue weighted by Gasteiger charge is -2.18. The van der Waals surface area contributed by atoms with Crippen molar-refractivity contribution in [3.63, 3.8) is 0 Å². The number of rotatable bonds is 11. The number of hydrogen-bond donors (Lipinski definition) is 0. The van der Waals surface area contributed by atoms with E-state index in [0.29, 0.717) is 34.5 Å². The molecule has 8 heteroatoms. The molecule has 0 radical (unpaired) electrons. The Balaban J connectivity index is 1.41. The summed E-state index contributed by atoms with van der Waals surface area (Å²) < 4.78 is 46.5. The smallest absolute Gasteiger partial charge is 0.231 e. The van der Waals surface area contributed by atoms with Gasteiger partial charge in [-0.1, -0.05) is 24.3 Å². The van der Waals surface area contributed by atoms with Crippen LogP contribution >= 0.6 is 0 Å². The topological polar surface area (TPSA) is 73.8 Å². The molecule has 2 aliphatic rings. The van der Waals surface area contributed by atoms with E-state index in [9.17, 15) is 0 Å². The van der Waals surface area contributed by atoms with Crippen molar-refractivity contribution in [2.45, 2.75) is 25.7 Å². The standard InChI is InChI=1S/C34H34O8/c1-35-25-9-5-7-21(15-25)11-13-23-17-27(31-33(29(23)37-3)41-19-39-31)28-18-24(30(38-4)34-32(28)40-20-42-34)14-12-22-8-6-10-26(16-22)36-2/h5-10,15-18H,11-14,19-20H2,1-4H3. The Morgan fingerprint density at radius 2 is 0.929 bits per heavy atom. The zero-order valence-corrected chi connectivity index (χ0v) is 24.3. The van der Waals surface area contributed by atoms with Crippen molar-refractivity contribution in [2.75, 3.05) is 42.0 Å². The van der Waals surface area contributed by atoms with Crippen molar-refractivity contribution in [3.05, 3.63) is 82.9 Å². The van der Waals surface area contributed by atoms with Crippen LogP contribution in [0.4, 0.5) is 0 Å². The minimum absolute atomic E-state index is 0.108. The van der Waals surface area contributed by atoms with E-state index in [4.69, 9.17) is 37.9 Å². The molecule has 6 rings (SSSR count). The third-order valence-corrected chi connectivity index (χ3v) is 7.68. The molecule has 0 saturated heterocycles. The fourth-order valence-electron chi connectivity index (χ4n) is 5.63. The second-order valence-corrected chi connectivity index (χ2v) is 10.1. The van der Waals surface area contributed by atoms with Crippen LogP contribution in [0.15, 0.2) is 60.7 Å². The molecule has 0 saturated carbocycles. The highest BCUT2D eigenvalue weighted by molar-refractivity contribution is 5.86. The lowest BCUT2D eigenvalue weighted by molar-refractivity contribution is 0.170. The SMILES string of the molecule is COc1cccc(CCc2cc(-c3cc(CCc4cccc(OC)c4)c(OC)c4c3OCO4)c3c(c2OC)OCO3)c1. The van der Waals surface area contributed by atoms with E-state index in [0.717, 1.165) is 70.6 Å². The highest BCUT2D eigenvalue weighted by Gasteiger charge is 2.32. The average Bonchev–Trinajstić information content (AvgIpc) is 3.73. The van der Waals surface area contributed by atoms with Crippen LogP contribution < -0.4 is 37.9 Å². The molecule has 0 bridgehead atoms. The molecule has 2 aliphatic heterocycles. The van der Waals surface area contributed by atoms with E-state index < -0.39 is 0 Å². The van der Waals surface area contributed by atoms with Gasteiger partial charge in [-0.3, -0.25) is 0 Å². The maximum Gasteiger partial charge on any atom is 0.231 e. The van der Waals surface area contributed by atoms with Gasteiger partial charge in [0, 0.05) is 11.1 Å². The molecule has 0 fully saturated rings. The van der Waals surface area contributed by atoms with E-state index in [2.05, 4.69) is 36.4 Å². The second-order valence-electron chi connectivity index (χ2n) is 10.1. The van der Waals surface area contributed by atoms with Crippen LogP contribution in [0.3, 0.4) is 0 Å². The van der Waals surface area contributed by atoms with E-state index >= 15 is 0 Å². The van der Waals surface area contributed by atoms with Crippen molar-refractivity contribution in [1.82, 2.24) is 0 Å². The van der Waals surface area contributed by atoms with Crippen LogP contribution in [0, 0.1) is 0 Å². The first-order valence-electron chi connectivity index (χ1n) is 13.9. The van der Waals surface area contributed by atoms with Gasteiger partial charge in [-0.05, 0) is 84.3 Å². The summed E-state index contributed by atoms with van der Waals surface area (Å²) in [6, 6.07) is 20.4. The van der Waals surface area contributed by atoms with Crippen LogP contribution in [0.25, 0.3) is 11.1 Å². The third-order valence-electron chi connectivity index (χ3n) is 7.68. The van der Waals surface area contributed by atoms with Crippen molar-refractivity contribution in [2.24, 2.45) is 0 Å². The molecule has 0 spiro atoms. The van der Waals surface area contributed by atoms with Gasteiger partial charge in [-0.2, -0.15) is 0 Å². The number of benzene rings is 4. The summed E-state index contributed by atoms with van der Waals surface area (Å²) >= 11 is 0. The Morgan fingerprint density at radius 1 is 0.500 bits per heavy atom. The fourth-order valence-corrected chi connectivity index (χ4v) is 5.63. The molecule has 0 atom stereocenters. The van der Waals surface area contributed by atoms with Crippen LogP contribution in [0.2, 0.25) is 0 Å². The first kappa shape index (κ1) is 27.4. The summed E-state index contributed by atoms with van der Waals surface area (Å²) in [5, 5.41) is 0. The Bertz CT molecular complexity index is 1480. The molecule has 0 amide bonds. The van der Waals surface area contributed by atoms with Gasteiger partial charge in [0.15, 0.2) is 23.0 Å². The number of aryl methyl sites for hydroxylation is 4. The predicted octanol–water partition coefficient (Wildman–Crippen LogP) is 6.42. The van der Waals surface area contributed by atoms with Gasteiger partial charge in [0.25, 0.3) is 0 Å². The zero-order valence-electron chi connectivity index (χ0n) is 24.3. The molecule has 42 heavy (non-hydrogen) atoms. The Hall–Kier alpha value is -4.72. The Morgan fingerprint density at radius 3 is 1.33 bits per heavy atom. The Labute approximate surface area is 245 Å². The lowest BCUT2D eigenvalue weighted by Crippen LogP contribution is -2.01. The molecule has 218 valence electrons. The van der Waals surface area contributed by atoms with Crippen molar-refractivity contribution in [3.8, 4) is 57.1 Å². The molecular weight excluding hydrogens is 536 g/mol. The minimum atomic E-state index is 0.108. The van der Waals surface area contributed by atoms with Crippen LogP contribution in [0.1, 0.15) is 22.3 Å². The maximum absolute atomic E-state index is 6.03. The van der Waals surface area contributed by atoms with E-state index in [1.165, 1.54) is 0 Å². The molecule has 0 aliphatic carbocycles. The summed E-state index contributed by atoms with van der Waals surface area (Å²) in [5.41, 5.74) is 6.05. The van der Waals surface area contributed by atoms with Gasteiger partial charge in [-0.25, -0.2) is 0 Å². The summed E-state index contributed by atoms with van der Waals surface area (Å²) in [5.74, 6) is 5.45. The minimum Gasteiger partial charge on any atom is -0.497 e. The van der Waals surface area contributed by atoms with Crippen LogP contribution in [-0.2, 0) is 25.7 Å². The quantitative estimate of drug-likeness (QED) is 0.205. The highest BCUT2D eigenvalue weighted by atomic mass is 16.7. The van der Waals surface area contributed by atoms with Gasteiger partial charge in [0.2, 0.25) is 25.1 Å². The van der Waals surface area contributed by atoms with Crippen LogP contribution in [0.5, 0.6) is 46.0 Å². The summed E-state index contributed by atoms with van der Waals surface area (Å²) in [6.45, 7) is 0.215. The van der Waals surface area contributed by atoms with Gasteiger partial charge in [0.1, 0.15) is 11.5 Å². The summed E-state index contributed by atoms with van der Waals surface area (Å²) in [4.78, 5) is 0. The van der Waals surface area contributed by atoms with Crippen molar-refractivity contribution < 1.29 is 37.9 Å². The first-order valence-corrected chi connectivity index (χ1v) is 13.9. The lowest BCUT2D eigenvalue weighted by atomic mass is 9.93. The number of methoxy groups -OCH3 is 4. The Kier molecular flexibility index (Phi) is 7.86. The van der Waals surface area contributed by atoms with E-state index in [-0.39, 0.29) is 13.6 Å².